The molecule has 0 unspecified atom stereocenters. The van der Waals surface area contributed by atoms with Gasteiger partial charge >= 0.3 is 12.1 Å². The van der Waals surface area contributed by atoms with E-state index >= 15 is 0 Å². The number of nitrogens with one attached hydrogen (secondary N) is 1. The van der Waals surface area contributed by atoms with E-state index in [9.17, 15) is 24.0 Å². The topological polar surface area (TPSA) is 191 Å². The van der Waals surface area contributed by atoms with Crippen LogP contribution in [-0.2, 0) is 4.74 Å². The maximum atomic E-state index is 13.2. The van der Waals surface area contributed by atoms with E-state index in [1.807, 2.05) is 58.2 Å². The summed E-state index contributed by atoms with van der Waals surface area (Å²) in [6.07, 6.45) is -0.296. The van der Waals surface area contributed by atoms with Crippen LogP contribution in [-0.4, -0.2) is 150 Å². The Hall–Kier alpha value is -6.79. The van der Waals surface area contributed by atoms with E-state index in [0.717, 1.165) is 69.8 Å². The van der Waals surface area contributed by atoms with Crippen LogP contribution in [0.5, 0.6) is 11.5 Å². The van der Waals surface area contributed by atoms with E-state index in [2.05, 4.69) is 36.9 Å². The molecule has 0 bridgehead atoms. The minimum absolute atomic E-state index is 0.0598. The van der Waals surface area contributed by atoms with Gasteiger partial charge in [0.1, 0.15) is 17.1 Å². The van der Waals surface area contributed by atoms with Crippen molar-refractivity contribution in [3.63, 3.8) is 0 Å². The van der Waals surface area contributed by atoms with E-state index in [0.29, 0.717) is 71.0 Å². The molecule has 5 heterocycles. The van der Waals surface area contributed by atoms with Gasteiger partial charge < -0.3 is 62.9 Å². The van der Waals surface area contributed by atoms with Crippen LogP contribution in [0.2, 0.25) is 0 Å². The van der Waals surface area contributed by atoms with Crippen molar-refractivity contribution in [3.05, 3.63) is 92.6 Å². The Kier molecular flexibility index (Phi) is 13.9. The van der Waals surface area contributed by atoms with Crippen molar-refractivity contribution in [1.82, 2.24) is 14.7 Å². The maximum absolute atomic E-state index is 13.2. The third kappa shape index (κ3) is 10.9. The minimum atomic E-state index is -1.26. The lowest BCUT2D eigenvalue weighted by Crippen LogP contribution is -2.50. The fourth-order valence-corrected chi connectivity index (χ4v) is 7.87. The molecule has 2 amide bonds. The van der Waals surface area contributed by atoms with Crippen molar-refractivity contribution < 1.29 is 42.5 Å². The van der Waals surface area contributed by atoms with Crippen LogP contribution in [0.15, 0.2) is 79.1 Å². The van der Waals surface area contributed by atoms with E-state index in [1.54, 1.807) is 30.2 Å². The highest BCUT2D eigenvalue weighted by Gasteiger charge is 2.27. The fraction of sp³-hybridized carbons (Fsp3) is 0.426. The number of carboxylic acid groups (broad SMARTS) is 1. The Morgan fingerprint density at radius 1 is 0.615 bits per heavy atom. The lowest BCUT2D eigenvalue weighted by atomic mass is 10.1. The first-order valence-corrected chi connectivity index (χ1v) is 21.6. The normalized spacial score (nSPS) is 16.2. The first kappa shape index (κ1) is 46.2. The summed E-state index contributed by atoms with van der Waals surface area (Å²) in [5, 5.41) is 12.7. The van der Waals surface area contributed by atoms with Gasteiger partial charge in [-0.05, 0) is 71.3 Å². The molecule has 3 aliphatic heterocycles. The van der Waals surface area contributed by atoms with Crippen molar-refractivity contribution in [2.75, 3.05) is 127 Å². The van der Waals surface area contributed by atoms with Crippen LogP contribution in [0.4, 0.5) is 27.5 Å². The zero-order valence-corrected chi connectivity index (χ0v) is 38.0. The zero-order chi connectivity index (χ0) is 46.6. The van der Waals surface area contributed by atoms with Gasteiger partial charge in [-0.15, -0.1) is 0 Å². The summed E-state index contributed by atoms with van der Waals surface area (Å²) in [4.78, 5) is 74.7. The van der Waals surface area contributed by atoms with Gasteiger partial charge in [-0.3, -0.25) is 14.4 Å². The van der Waals surface area contributed by atoms with E-state index in [4.69, 9.17) is 28.2 Å². The number of hydrogen-bond donors (Lipinski definition) is 2. The Balaban J connectivity index is 0.000000230. The molecule has 3 aliphatic rings. The van der Waals surface area contributed by atoms with Crippen molar-refractivity contribution in [2.45, 2.75) is 26.4 Å². The largest absolute Gasteiger partial charge is 0.497 e. The van der Waals surface area contributed by atoms with Crippen molar-refractivity contribution in [1.29, 1.82) is 0 Å². The molecule has 8 rings (SSSR count). The Morgan fingerprint density at radius 2 is 1.06 bits per heavy atom. The number of likely N-dealkylation sites (N-methyl/N-ethyl adjacent to an activating group) is 2. The summed E-state index contributed by atoms with van der Waals surface area (Å²) in [5.74, 6) is -1.08. The number of ether oxygens (including phenoxy) is 3. The molecule has 3 saturated heterocycles. The van der Waals surface area contributed by atoms with Crippen LogP contribution in [0, 0.1) is 0 Å². The molecule has 0 aliphatic carbocycles. The van der Waals surface area contributed by atoms with Crippen molar-refractivity contribution >= 4 is 62.7 Å². The predicted molar refractivity (Wildman–Crippen MR) is 249 cm³/mol. The number of carboxylic acids is 1. The molecule has 65 heavy (non-hydrogen) atoms. The number of carbonyl (C=O) groups is 3. The summed E-state index contributed by atoms with van der Waals surface area (Å²) >= 11 is 0. The molecule has 0 radical (unpaired) electrons. The highest BCUT2D eigenvalue weighted by Crippen LogP contribution is 2.34. The minimum Gasteiger partial charge on any atom is -0.497 e. The van der Waals surface area contributed by atoms with Gasteiger partial charge in [0, 0.05) is 114 Å². The number of anilines is 4. The second kappa shape index (κ2) is 19.5. The van der Waals surface area contributed by atoms with Crippen LogP contribution in [0.3, 0.4) is 0 Å². The molecule has 3 aromatic carbocycles. The molecule has 0 atom stereocenters. The summed E-state index contributed by atoms with van der Waals surface area (Å²) in [6, 6.07) is 16.6. The smallest absolute Gasteiger partial charge is 0.410 e. The third-order valence-corrected chi connectivity index (χ3v) is 11.6. The SMILES string of the molecule is COc1cc(N2CCN(C)CC2)c2oc(C(=O)Nc3ccc(N4CCN(C(=O)OC(C)(C)C)CC4)cc3)cc(=O)c2c1.COc1cc(N2CCN(C)CC2)c2oc(C(=O)O)cc(=O)c2c1. The van der Waals surface area contributed by atoms with Gasteiger partial charge in [0.2, 0.25) is 5.76 Å². The predicted octanol–water partition coefficient (Wildman–Crippen LogP) is 5.11. The first-order chi connectivity index (χ1) is 31.0. The average molecular weight is 896 g/mol. The number of rotatable bonds is 8. The van der Waals surface area contributed by atoms with Crippen LogP contribution in [0.1, 0.15) is 41.9 Å². The van der Waals surface area contributed by atoms with E-state index in [-0.39, 0.29) is 23.0 Å². The Labute approximate surface area is 376 Å². The average Bonchev–Trinajstić information content (AvgIpc) is 3.29. The quantitative estimate of drug-likeness (QED) is 0.209. The summed E-state index contributed by atoms with van der Waals surface area (Å²) in [5.41, 5.74) is 2.43. The highest BCUT2D eigenvalue weighted by molar-refractivity contribution is 6.04. The number of benzene rings is 3. The summed E-state index contributed by atoms with van der Waals surface area (Å²) in [6.45, 7) is 14.6. The summed E-state index contributed by atoms with van der Waals surface area (Å²) in [7, 11) is 7.21. The molecule has 18 heteroatoms. The lowest BCUT2D eigenvalue weighted by molar-refractivity contribution is 0.0240. The van der Waals surface area contributed by atoms with E-state index < -0.39 is 22.9 Å². The van der Waals surface area contributed by atoms with Crippen LogP contribution < -0.4 is 40.3 Å². The third-order valence-electron chi connectivity index (χ3n) is 11.6. The molecule has 2 aromatic heterocycles. The highest BCUT2D eigenvalue weighted by atomic mass is 16.6. The molecule has 3 fully saturated rings. The molecular weight excluding hydrogens is 839 g/mol. The number of fused-ring (bicyclic) bond motifs is 2. The number of nitrogens with zero attached hydrogens (tertiary/aromatic N) is 6. The van der Waals surface area contributed by atoms with Gasteiger partial charge in [0.25, 0.3) is 5.91 Å². The Bertz CT molecular complexity index is 2650. The van der Waals surface area contributed by atoms with Crippen molar-refractivity contribution in [3.8, 4) is 11.5 Å². The van der Waals surface area contributed by atoms with E-state index in [1.165, 1.54) is 13.2 Å². The van der Waals surface area contributed by atoms with Gasteiger partial charge in [-0.2, -0.15) is 0 Å². The van der Waals surface area contributed by atoms with Gasteiger partial charge in [0.05, 0.1) is 36.4 Å². The lowest BCUT2D eigenvalue weighted by Gasteiger charge is -2.36. The number of methoxy groups -OCH3 is 2. The van der Waals surface area contributed by atoms with Crippen LogP contribution >= 0.6 is 0 Å². The molecular formula is C47H57N7O11. The van der Waals surface area contributed by atoms with Crippen LogP contribution in [0.25, 0.3) is 21.9 Å². The number of hydrogen-bond acceptors (Lipinski definition) is 15. The molecule has 0 saturated carbocycles. The number of amides is 2. The second-order valence-corrected chi connectivity index (χ2v) is 17.3. The molecule has 0 spiro atoms. The van der Waals surface area contributed by atoms with Gasteiger partial charge in [-0.25, -0.2) is 9.59 Å². The monoisotopic (exact) mass is 895 g/mol. The first-order valence-electron chi connectivity index (χ1n) is 21.6. The number of carbonyl (C=O) groups excluding carboxylic acids is 2. The number of piperazine rings is 3. The summed E-state index contributed by atoms with van der Waals surface area (Å²) < 4.78 is 27.8. The standard InChI is InChI=1S/C31H39N5O6.C16H18N2O5/c1-31(2,3)42-30(39)36-16-14-34(15-17-36)22-8-6-21(7-9-22)32-29(38)27-20-26(37)24-18-23(40-5)19-25(28(24)41-27)35-12-10-33(4)11-13-35;1-17-3-5-18(6-4-17)12-8-10(22-2)7-11-13(19)9-14(16(20)21)23-15(11)12/h6-9,18-20H,10-17H2,1-5H3,(H,32,38);7-9H,3-6H2,1-2H3,(H,20,21). The molecule has 18 nitrogen and oxygen atoms in total. The van der Waals surface area contributed by atoms with Crippen molar-refractivity contribution in [2.24, 2.45) is 0 Å². The molecule has 2 N–H and O–H groups in total. The molecule has 346 valence electrons. The molecule has 5 aromatic rings. The fourth-order valence-electron chi connectivity index (χ4n) is 7.87. The Morgan fingerprint density at radius 3 is 1.51 bits per heavy atom. The second-order valence-electron chi connectivity index (χ2n) is 17.3. The van der Waals surface area contributed by atoms with Gasteiger partial charge in [-0.1, -0.05) is 0 Å². The zero-order valence-electron chi connectivity index (χ0n) is 38.0. The maximum Gasteiger partial charge on any atom is 0.410 e. The van der Waals surface area contributed by atoms with Gasteiger partial charge in [0.15, 0.2) is 27.8 Å². The number of aromatic carboxylic acids is 1.